The summed E-state index contributed by atoms with van der Waals surface area (Å²) in [6, 6.07) is 8.43. The van der Waals surface area contributed by atoms with Gasteiger partial charge in [-0.1, -0.05) is 19.1 Å². The lowest BCUT2D eigenvalue weighted by molar-refractivity contribution is 0.603. The molecule has 0 aliphatic heterocycles. The fourth-order valence-corrected chi connectivity index (χ4v) is 4.75. The Morgan fingerprint density at radius 3 is 2.62 bits per heavy atom. The molecule has 21 heavy (non-hydrogen) atoms. The monoisotopic (exact) mass is 404 g/mol. The number of nitrogens with two attached hydrogens (primary N) is 1. The third-order valence-electron chi connectivity index (χ3n) is 2.75. The number of hydrogen-bond donors (Lipinski definition) is 2. The fourth-order valence-electron chi connectivity index (χ4n) is 1.64. The molecule has 0 saturated heterocycles. The minimum Gasteiger partial charge on any atom is -0.389 e. The zero-order valence-electron chi connectivity index (χ0n) is 11.1. The second-order valence-corrected chi connectivity index (χ2v) is 8.61. The maximum atomic E-state index is 12.3. The van der Waals surface area contributed by atoms with Crippen molar-refractivity contribution in [3.8, 4) is 0 Å². The van der Waals surface area contributed by atoms with E-state index < -0.39 is 10.0 Å². The molecule has 112 valence electrons. The summed E-state index contributed by atoms with van der Waals surface area (Å²) in [7, 11) is -3.58. The van der Waals surface area contributed by atoms with Crippen LogP contribution in [0.5, 0.6) is 0 Å². The molecule has 1 heterocycles. The van der Waals surface area contributed by atoms with E-state index in [1.165, 1.54) is 11.3 Å². The van der Waals surface area contributed by atoms with Gasteiger partial charge in [-0.25, -0.2) is 8.42 Å². The van der Waals surface area contributed by atoms with Gasteiger partial charge in [0.25, 0.3) is 10.0 Å². The lowest BCUT2D eigenvalue weighted by Crippen LogP contribution is -2.13. The second kappa shape index (κ2) is 6.43. The smallest absolute Gasteiger partial charge is 0.271 e. The Hall–Kier alpha value is -0.960. The number of aryl methyl sites for hydroxylation is 1. The number of benzene rings is 1. The van der Waals surface area contributed by atoms with E-state index in [4.69, 9.17) is 18.0 Å². The maximum absolute atomic E-state index is 12.3. The second-order valence-electron chi connectivity index (χ2n) is 4.24. The van der Waals surface area contributed by atoms with E-state index in [1.54, 1.807) is 24.3 Å². The maximum Gasteiger partial charge on any atom is 0.271 e. The molecule has 0 saturated carbocycles. The Balaban J connectivity index is 2.30. The van der Waals surface area contributed by atoms with Crippen LogP contribution in [0.4, 0.5) is 5.69 Å². The molecule has 2 rings (SSSR count). The van der Waals surface area contributed by atoms with Crippen LogP contribution in [0.1, 0.15) is 17.4 Å². The van der Waals surface area contributed by atoms with Gasteiger partial charge in [-0.15, -0.1) is 11.3 Å². The van der Waals surface area contributed by atoms with Crippen LogP contribution in [0.2, 0.25) is 0 Å². The molecule has 1 aromatic carbocycles. The lowest BCUT2D eigenvalue weighted by Gasteiger charge is -2.09. The van der Waals surface area contributed by atoms with Gasteiger partial charge in [0.15, 0.2) is 0 Å². The molecule has 1 aromatic heterocycles. The minimum absolute atomic E-state index is 0.260. The van der Waals surface area contributed by atoms with Crippen molar-refractivity contribution >= 4 is 60.2 Å². The SMILES string of the molecule is CCc1ccc(S(=O)(=O)Nc2ccc(C(N)=S)cc2Br)s1. The predicted octanol–water partition coefficient (Wildman–Crippen LogP) is 3.51. The highest BCUT2D eigenvalue weighted by Gasteiger charge is 2.18. The predicted molar refractivity (Wildman–Crippen MR) is 94.5 cm³/mol. The van der Waals surface area contributed by atoms with E-state index in [0.717, 1.165) is 11.3 Å². The number of thiophene rings is 1. The first-order valence-corrected chi connectivity index (χ1v) is 9.54. The highest BCUT2D eigenvalue weighted by atomic mass is 79.9. The zero-order valence-corrected chi connectivity index (χ0v) is 15.1. The van der Waals surface area contributed by atoms with Crippen LogP contribution in [0.25, 0.3) is 0 Å². The molecule has 0 aliphatic rings. The van der Waals surface area contributed by atoms with Crippen molar-refractivity contribution in [3.05, 3.63) is 45.2 Å². The van der Waals surface area contributed by atoms with Crippen molar-refractivity contribution in [1.29, 1.82) is 0 Å². The highest BCUT2D eigenvalue weighted by Crippen LogP contribution is 2.28. The van der Waals surface area contributed by atoms with Gasteiger partial charge in [-0.3, -0.25) is 4.72 Å². The molecular formula is C13H13BrN2O2S3. The number of thiocarbonyl (C=S) groups is 1. The van der Waals surface area contributed by atoms with Crippen molar-refractivity contribution in [2.45, 2.75) is 17.6 Å². The van der Waals surface area contributed by atoms with Crippen molar-refractivity contribution in [2.24, 2.45) is 5.73 Å². The van der Waals surface area contributed by atoms with Crippen molar-refractivity contribution in [1.82, 2.24) is 0 Å². The summed E-state index contributed by atoms with van der Waals surface area (Å²) in [5.41, 5.74) is 6.66. The molecule has 0 spiro atoms. The van der Waals surface area contributed by atoms with E-state index in [2.05, 4.69) is 20.7 Å². The van der Waals surface area contributed by atoms with E-state index in [9.17, 15) is 8.42 Å². The normalized spacial score (nSPS) is 11.3. The number of anilines is 1. The lowest BCUT2D eigenvalue weighted by atomic mass is 10.2. The topological polar surface area (TPSA) is 72.2 Å². The van der Waals surface area contributed by atoms with Gasteiger partial charge in [-0.2, -0.15) is 0 Å². The number of halogens is 1. The van der Waals surface area contributed by atoms with Crippen molar-refractivity contribution in [2.75, 3.05) is 4.72 Å². The molecule has 0 fully saturated rings. The number of rotatable bonds is 5. The summed E-state index contributed by atoms with van der Waals surface area (Å²) in [6.07, 6.45) is 0.812. The van der Waals surface area contributed by atoms with E-state index in [0.29, 0.717) is 19.9 Å². The fraction of sp³-hybridized carbons (Fsp3) is 0.154. The van der Waals surface area contributed by atoms with Gasteiger partial charge in [0.1, 0.15) is 9.20 Å². The Morgan fingerprint density at radius 1 is 1.38 bits per heavy atom. The van der Waals surface area contributed by atoms with Gasteiger partial charge >= 0.3 is 0 Å². The number of nitrogens with one attached hydrogen (secondary N) is 1. The summed E-state index contributed by atoms with van der Waals surface area (Å²) in [4.78, 5) is 1.29. The van der Waals surface area contributed by atoms with Crippen LogP contribution in [-0.2, 0) is 16.4 Å². The van der Waals surface area contributed by atoms with E-state index >= 15 is 0 Å². The molecule has 0 radical (unpaired) electrons. The number of sulfonamides is 1. The van der Waals surface area contributed by atoms with Crippen LogP contribution in [0.3, 0.4) is 0 Å². The third kappa shape index (κ3) is 3.82. The Kier molecular flexibility index (Phi) is 5.03. The summed E-state index contributed by atoms with van der Waals surface area (Å²) in [6.45, 7) is 1.99. The van der Waals surface area contributed by atoms with Crippen LogP contribution < -0.4 is 10.5 Å². The highest BCUT2D eigenvalue weighted by molar-refractivity contribution is 9.10. The average Bonchev–Trinajstić information content (AvgIpc) is 2.90. The molecule has 0 amide bonds. The summed E-state index contributed by atoms with van der Waals surface area (Å²) in [5.74, 6) is 0. The average molecular weight is 405 g/mol. The molecule has 0 aliphatic carbocycles. The standard InChI is InChI=1S/C13H13BrN2O2S3/c1-2-9-4-6-12(20-9)21(17,18)16-11-5-3-8(13(15)19)7-10(11)14/h3-7,16H,2H2,1H3,(H2,15,19). The van der Waals surface area contributed by atoms with Gasteiger partial charge in [-0.05, 0) is 52.7 Å². The van der Waals surface area contributed by atoms with Crippen LogP contribution in [-0.4, -0.2) is 13.4 Å². The third-order valence-corrected chi connectivity index (χ3v) is 6.73. The van der Waals surface area contributed by atoms with Gasteiger partial charge < -0.3 is 5.73 Å². The summed E-state index contributed by atoms with van der Waals surface area (Å²) < 4.78 is 28.1. The Bertz CT molecular complexity index is 784. The largest absolute Gasteiger partial charge is 0.389 e. The van der Waals surface area contributed by atoms with Crippen molar-refractivity contribution < 1.29 is 8.42 Å². The molecule has 3 N–H and O–H groups in total. The van der Waals surface area contributed by atoms with Crippen molar-refractivity contribution in [3.63, 3.8) is 0 Å². The van der Waals surface area contributed by atoms with Crippen LogP contribution in [0.15, 0.2) is 39.0 Å². The van der Waals surface area contributed by atoms with E-state index in [-0.39, 0.29) is 4.99 Å². The summed E-state index contributed by atoms with van der Waals surface area (Å²) in [5, 5.41) is 0. The zero-order chi connectivity index (χ0) is 15.6. The molecule has 2 aromatic rings. The Morgan fingerprint density at radius 2 is 2.10 bits per heavy atom. The minimum atomic E-state index is -3.58. The number of hydrogen-bond acceptors (Lipinski definition) is 4. The molecule has 8 heteroatoms. The summed E-state index contributed by atoms with van der Waals surface area (Å²) >= 11 is 9.47. The molecule has 0 unspecified atom stereocenters. The molecular weight excluding hydrogens is 392 g/mol. The van der Waals surface area contributed by atoms with Gasteiger partial charge in [0.05, 0.1) is 5.69 Å². The molecule has 4 nitrogen and oxygen atoms in total. The molecule has 0 bridgehead atoms. The first-order valence-electron chi connectivity index (χ1n) is 6.04. The van der Waals surface area contributed by atoms with Crippen LogP contribution in [0, 0.1) is 0 Å². The van der Waals surface area contributed by atoms with Crippen LogP contribution >= 0.6 is 39.5 Å². The first kappa shape index (κ1) is 16.4. The van der Waals surface area contributed by atoms with Gasteiger partial charge in [0, 0.05) is 14.9 Å². The van der Waals surface area contributed by atoms with Gasteiger partial charge in [0.2, 0.25) is 0 Å². The quantitative estimate of drug-likeness (QED) is 0.747. The van der Waals surface area contributed by atoms with E-state index in [1.807, 2.05) is 13.0 Å². The Labute approximate surface area is 141 Å². The molecule has 0 atom stereocenters. The first-order chi connectivity index (χ1) is 9.83.